The van der Waals surface area contributed by atoms with E-state index in [2.05, 4.69) is 42.3 Å². The zero-order chi connectivity index (χ0) is 24.2. The number of hydrogen-bond donors (Lipinski definition) is 2. The Bertz CT molecular complexity index is 1110. The summed E-state index contributed by atoms with van der Waals surface area (Å²) in [5.41, 5.74) is 3.60. The minimum Gasteiger partial charge on any atom is -0.497 e. The molecular weight excluding hydrogens is 434 g/mol. The highest BCUT2D eigenvalue weighted by molar-refractivity contribution is 5.71. The van der Waals surface area contributed by atoms with Crippen LogP contribution in [0.5, 0.6) is 11.5 Å². The van der Waals surface area contributed by atoms with E-state index in [1.807, 2.05) is 28.9 Å². The summed E-state index contributed by atoms with van der Waals surface area (Å²) < 4.78 is 19.0. The molecule has 1 unspecified atom stereocenters. The van der Waals surface area contributed by atoms with Gasteiger partial charge in [0.1, 0.15) is 30.0 Å². The van der Waals surface area contributed by atoms with Crippen LogP contribution in [0, 0.1) is 0 Å². The number of benzene rings is 1. The molecule has 1 saturated heterocycles. The molecule has 9 heteroatoms. The second-order valence-electron chi connectivity index (χ2n) is 9.04. The minimum absolute atomic E-state index is 0.176. The van der Waals surface area contributed by atoms with E-state index >= 15 is 0 Å². The summed E-state index contributed by atoms with van der Waals surface area (Å²) >= 11 is 0. The molecule has 0 radical (unpaired) electrons. The molecule has 2 aromatic heterocycles. The summed E-state index contributed by atoms with van der Waals surface area (Å²) in [6.45, 7) is 6.38. The number of nitrogens with one attached hydrogen (secondary N) is 1. The van der Waals surface area contributed by atoms with E-state index in [4.69, 9.17) is 19.2 Å². The largest absolute Gasteiger partial charge is 0.497 e. The van der Waals surface area contributed by atoms with Gasteiger partial charge in [0.15, 0.2) is 5.65 Å². The van der Waals surface area contributed by atoms with E-state index in [9.17, 15) is 5.11 Å². The Hall–Kier alpha value is -2.88. The van der Waals surface area contributed by atoms with Gasteiger partial charge in [-0.15, -0.1) is 0 Å². The predicted octanol–water partition coefficient (Wildman–Crippen LogP) is 2.71. The molecule has 184 valence electrons. The number of rotatable bonds is 10. The van der Waals surface area contributed by atoms with Crippen molar-refractivity contribution in [2.45, 2.75) is 38.3 Å². The normalized spacial score (nSPS) is 16.9. The van der Waals surface area contributed by atoms with E-state index in [-0.39, 0.29) is 18.6 Å². The lowest BCUT2D eigenvalue weighted by Crippen LogP contribution is -2.33. The van der Waals surface area contributed by atoms with E-state index in [0.29, 0.717) is 24.7 Å². The number of fused-ring (bicyclic) bond motifs is 1. The highest BCUT2D eigenvalue weighted by Crippen LogP contribution is 2.33. The van der Waals surface area contributed by atoms with Crippen molar-refractivity contribution in [1.29, 1.82) is 0 Å². The molecular formula is C25H35N5O4. The summed E-state index contributed by atoms with van der Waals surface area (Å²) in [7, 11) is 5.50. The number of likely N-dealkylation sites (N-methyl/N-ethyl adjacent to an activating group) is 2. The Balaban J connectivity index is 1.78. The third-order valence-corrected chi connectivity index (χ3v) is 6.21. The van der Waals surface area contributed by atoms with Crippen molar-refractivity contribution in [2.75, 3.05) is 52.5 Å². The average Bonchev–Trinajstić information content (AvgIpc) is 3.52. The van der Waals surface area contributed by atoms with E-state index < -0.39 is 6.10 Å². The molecule has 0 aliphatic carbocycles. The van der Waals surface area contributed by atoms with Crippen molar-refractivity contribution in [3.8, 4) is 22.8 Å². The van der Waals surface area contributed by atoms with Gasteiger partial charge in [-0.1, -0.05) is 13.8 Å². The third kappa shape index (κ3) is 5.11. The Labute approximate surface area is 200 Å². The van der Waals surface area contributed by atoms with Crippen LogP contribution in [-0.2, 0) is 4.74 Å². The molecule has 3 aromatic rings. The maximum atomic E-state index is 10.0. The molecule has 1 aliphatic rings. The van der Waals surface area contributed by atoms with Crippen LogP contribution in [0.3, 0.4) is 0 Å². The molecule has 1 aromatic carbocycles. The van der Waals surface area contributed by atoms with Gasteiger partial charge in [0, 0.05) is 43.5 Å². The lowest BCUT2D eigenvalue weighted by atomic mass is 10.1. The molecule has 0 bridgehead atoms. The number of anilines is 1. The van der Waals surface area contributed by atoms with Crippen LogP contribution in [0.4, 0.5) is 5.82 Å². The van der Waals surface area contributed by atoms with Crippen LogP contribution in [0.2, 0.25) is 0 Å². The zero-order valence-electron chi connectivity index (χ0n) is 20.6. The summed E-state index contributed by atoms with van der Waals surface area (Å²) in [6, 6.07) is 8.03. The number of nitrogens with zero attached hydrogens (tertiary/aromatic N) is 4. The first-order valence-corrected chi connectivity index (χ1v) is 11.8. The second-order valence-corrected chi connectivity index (χ2v) is 9.04. The second kappa shape index (κ2) is 10.6. The summed E-state index contributed by atoms with van der Waals surface area (Å²) in [6.07, 6.45) is 2.27. The lowest BCUT2D eigenvalue weighted by molar-refractivity contribution is 0.108. The number of aliphatic hydroxyl groups excluding tert-OH is 1. The Morgan fingerprint density at radius 3 is 2.74 bits per heavy atom. The van der Waals surface area contributed by atoms with Gasteiger partial charge >= 0.3 is 0 Å². The van der Waals surface area contributed by atoms with Gasteiger partial charge < -0.3 is 29.5 Å². The van der Waals surface area contributed by atoms with Gasteiger partial charge in [0.25, 0.3) is 0 Å². The van der Waals surface area contributed by atoms with Gasteiger partial charge in [-0.2, -0.15) is 9.61 Å². The summed E-state index contributed by atoms with van der Waals surface area (Å²) in [5.74, 6) is 2.51. The van der Waals surface area contributed by atoms with Gasteiger partial charge in [-0.05, 0) is 31.5 Å². The van der Waals surface area contributed by atoms with Gasteiger partial charge in [-0.25, -0.2) is 4.98 Å². The molecule has 2 N–H and O–H groups in total. The lowest BCUT2D eigenvalue weighted by Gasteiger charge is -2.26. The molecule has 1 fully saturated rings. The van der Waals surface area contributed by atoms with Crippen molar-refractivity contribution in [3.05, 3.63) is 36.0 Å². The molecule has 2 atom stereocenters. The number of methoxy groups -OCH3 is 1. The average molecular weight is 470 g/mol. The molecule has 3 heterocycles. The highest BCUT2D eigenvalue weighted by atomic mass is 16.5. The molecule has 34 heavy (non-hydrogen) atoms. The molecule has 0 amide bonds. The van der Waals surface area contributed by atoms with Crippen LogP contribution in [0.15, 0.2) is 30.5 Å². The number of hydrogen-bond acceptors (Lipinski definition) is 8. The number of aliphatic hydroxyl groups is 1. The van der Waals surface area contributed by atoms with Crippen LogP contribution in [0.1, 0.15) is 31.7 Å². The Morgan fingerprint density at radius 1 is 1.26 bits per heavy atom. The maximum absolute atomic E-state index is 10.0. The maximum Gasteiger partial charge on any atom is 0.161 e. The van der Waals surface area contributed by atoms with Crippen molar-refractivity contribution in [3.63, 3.8) is 0 Å². The smallest absolute Gasteiger partial charge is 0.161 e. The Morgan fingerprint density at radius 2 is 2.06 bits per heavy atom. The first kappa shape index (κ1) is 24.3. The first-order valence-electron chi connectivity index (χ1n) is 11.8. The van der Waals surface area contributed by atoms with Crippen molar-refractivity contribution >= 4 is 11.5 Å². The number of aromatic nitrogens is 3. The van der Waals surface area contributed by atoms with E-state index in [0.717, 1.165) is 41.3 Å². The first-order chi connectivity index (χ1) is 16.4. The van der Waals surface area contributed by atoms with Gasteiger partial charge in [-0.3, -0.25) is 0 Å². The fourth-order valence-electron chi connectivity index (χ4n) is 4.19. The quantitative estimate of drug-likeness (QED) is 0.468. The highest BCUT2D eigenvalue weighted by Gasteiger charge is 2.25. The van der Waals surface area contributed by atoms with Crippen LogP contribution in [-0.4, -0.2) is 79.4 Å². The predicted molar refractivity (Wildman–Crippen MR) is 132 cm³/mol. The SMILES string of the molecule is CNCC(O)COc1cc(OC)cc(-c2cc(N(C)[C@H]3CCOC3)n3ncc(C(C)C)c3n2)c1. The zero-order valence-corrected chi connectivity index (χ0v) is 20.6. The summed E-state index contributed by atoms with van der Waals surface area (Å²) in [5, 5.41) is 17.7. The van der Waals surface area contributed by atoms with Crippen molar-refractivity contribution in [2.24, 2.45) is 0 Å². The van der Waals surface area contributed by atoms with Crippen molar-refractivity contribution < 1.29 is 19.3 Å². The van der Waals surface area contributed by atoms with E-state index in [1.54, 1.807) is 14.2 Å². The molecule has 1 aliphatic heterocycles. The molecule has 4 rings (SSSR count). The number of ether oxygens (including phenoxy) is 3. The van der Waals surface area contributed by atoms with Gasteiger partial charge in [0.05, 0.1) is 31.6 Å². The monoisotopic (exact) mass is 469 g/mol. The Kier molecular flexibility index (Phi) is 7.55. The fourth-order valence-corrected chi connectivity index (χ4v) is 4.19. The van der Waals surface area contributed by atoms with E-state index in [1.165, 1.54) is 0 Å². The minimum atomic E-state index is -0.608. The van der Waals surface area contributed by atoms with Crippen LogP contribution < -0.4 is 19.7 Å². The topological polar surface area (TPSA) is 93.4 Å². The standard InChI is InChI=1S/C25H35N5O4/c1-16(2)22-13-27-30-24(29(4)18-6-7-33-14-18)11-23(28-25(22)30)17-8-20(32-5)10-21(9-17)34-15-19(31)12-26-3/h8-11,13,16,18-19,26,31H,6-7,12,14-15H2,1-5H3/t18-,19?/m0/s1. The molecule has 0 spiro atoms. The van der Waals surface area contributed by atoms with Crippen LogP contribution in [0.25, 0.3) is 16.9 Å². The molecule has 9 nitrogen and oxygen atoms in total. The van der Waals surface area contributed by atoms with Crippen molar-refractivity contribution in [1.82, 2.24) is 19.9 Å². The third-order valence-electron chi connectivity index (χ3n) is 6.21. The summed E-state index contributed by atoms with van der Waals surface area (Å²) in [4.78, 5) is 7.24. The van der Waals surface area contributed by atoms with Gasteiger partial charge in [0.2, 0.25) is 0 Å². The van der Waals surface area contributed by atoms with Crippen LogP contribution >= 0.6 is 0 Å². The molecule has 0 saturated carbocycles. The fraction of sp³-hybridized carbons (Fsp3) is 0.520.